The predicted molar refractivity (Wildman–Crippen MR) is 172 cm³/mol. The van der Waals surface area contributed by atoms with Gasteiger partial charge in [-0.15, -0.1) is 0 Å². The van der Waals surface area contributed by atoms with Crippen LogP contribution in [0.25, 0.3) is 0 Å². The van der Waals surface area contributed by atoms with Gasteiger partial charge >= 0.3 is 0 Å². The number of methoxy groups -OCH3 is 3. The topological polar surface area (TPSA) is 27.7 Å². The van der Waals surface area contributed by atoms with Crippen molar-refractivity contribution in [2.24, 2.45) is 5.92 Å². The van der Waals surface area contributed by atoms with Gasteiger partial charge < -0.3 is 14.2 Å². The van der Waals surface area contributed by atoms with E-state index in [0.29, 0.717) is 5.92 Å². The number of hydrogen-bond acceptors (Lipinski definition) is 3. The Kier molecular flexibility index (Phi) is 8.15. The molecule has 1 unspecified atom stereocenters. The lowest BCUT2D eigenvalue weighted by molar-refractivity contribution is 0.411. The largest absolute Gasteiger partial charge is 0.496 e. The Hall–Kier alpha value is -3.24. The van der Waals surface area contributed by atoms with Gasteiger partial charge in [-0.05, 0) is 141 Å². The number of benzene rings is 3. The summed E-state index contributed by atoms with van der Waals surface area (Å²) >= 11 is 0. The molecule has 0 heterocycles. The molecular formula is C36H46O3Si. The summed E-state index contributed by atoms with van der Waals surface area (Å²) in [5.74, 6) is 3.11. The fourth-order valence-electron chi connectivity index (χ4n) is 6.70. The number of hydrogen-bond donors (Lipinski definition) is 0. The lowest BCUT2D eigenvalue weighted by Crippen LogP contribution is -2.70. The third-order valence-electron chi connectivity index (χ3n) is 9.86. The van der Waals surface area contributed by atoms with Gasteiger partial charge in [0.15, 0.2) is 8.07 Å². The van der Waals surface area contributed by atoms with Gasteiger partial charge in [-0.25, -0.2) is 0 Å². The van der Waals surface area contributed by atoms with Crippen molar-refractivity contribution < 1.29 is 14.2 Å². The van der Waals surface area contributed by atoms with Crippen LogP contribution in [0.1, 0.15) is 61.1 Å². The standard InChI is InChI=1S/C36H46O3Si/c1-20-14-30(17-33(37-11)23(20)4)40(36-28(9)26(7)27(8)29(36)10,31-15-21(2)24(5)34(18-31)38-12)32-16-22(3)25(6)35(19-32)39-13/h14-19,28H,1-13H3. The van der Waals surface area contributed by atoms with E-state index >= 15 is 0 Å². The van der Waals surface area contributed by atoms with Crippen LogP contribution in [0.4, 0.5) is 0 Å². The molecule has 0 fully saturated rings. The van der Waals surface area contributed by atoms with Crippen molar-refractivity contribution in [2.75, 3.05) is 21.3 Å². The Morgan fingerprint density at radius 1 is 0.500 bits per heavy atom. The lowest BCUT2D eigenvalue weighted by Gasteiger charge is -2.40. The van der Waals surface area contributed by atoms with Gasteiger partial charge in [0.2, 0.25) is 0 Å². The highest BCUT2D eigenvalue weighted by Gasteiger charge is 2.49. The van der Waals surface area contributed by atoms with Gasteiger partial charge in [-0.2, -0.15) is 0 Å². The van der Waals surface area contributed by atoms with Gasteiger partial charge in [-0.1, -0.05) is 41.5 Å². The first-order valence-corrected chi connectivity index (χ1v) is 16.2. The van der Waals surface area contributed by atoms with E-state index in [1.165, 1.54) is 70.9 Å². The third-order valence-corrected chi connectivity index (χ3v) is 14.9. The van der Waals surface area contributed by atoms with Crippen LogP contribution in [0.5, 0.6) is 17.2 Å². The van der Waals surface area contributed by atoms with Crippen molar-refractivity contribution in [2.45, 2.75) is 69.2 Å². The average molecular weight is 555 g/mol. The molecule has 4 rings (SSSR count). The first-order chi connectivity index (χ1) is 18.8. The monoisotopic (exact) mass is 554 g/mol. The maximum absolute atomic E-state index is 6.01. The summed E-state index contributed by atoms with van der Waals surface area (Å²) in [7, 11) is 2.44. The summed E-state index contributed by atoms with van der Waals surface area (Å²) in [6.07, 6.45) is 0. The van der Waals surface area contributed by atoms with E-state index in [1.807, 2.05) is 0 Å². The maximum Gasteiger partial charge on any atom is 0.176 e. The van der Waals surface area contributed by atoms with Crippen molar-refractivity contribution >= 4 is 23.6 Å². The predicted octanol–water partition coefficient (Wildman–Crippen LogP) is 6.87. The maximum atomic E-state index is 6.01. The Morgan fingerprint density at radius 2 is 0.825 bits per heavy atom. The SMILES string of the molecule is COc1cc([Si](C2=C(C)C(C)=C(C)C2C)(c2cc(C)c(C)c(OC)c2)c2cc(C)c(C)c(OC)c2)cc(C)c1C. The zero-order chi connectivity index (χ0) is 29.7. The second-order valence-corrected chi connectivity index (χ2v) is 15.5. The van der Waals surface area contributed by atoms with Crippen LogP contribution in [0, 0.1) is 47.5 Å². The molecule has 0 bridgehead atoms. The normalized spacial score (nSPS) is 15.7. The molecule has 3 aromatic rings. The Morgan fingerprint density at radius 3 is 1.07 bits per heavy atom. The number of rotatable bonds is 7. The minimum Gasteiger partial charge on any atom is -0.496 e. The smallest absolute Gasteiger partial charge is 0.176 e. The zero-order valence-corrected chi connectivity index (χ0v) is 27.8. The molecule has 4 heteroatoms. The molecular weight excluding hydrogens is 508 g/mol. The van der Waals surface area contributed by atoms with Gasteiger partial charge in [0, 0.05) is 0 Å². The number of ether oxygens (including phenoxy) is 3. The molecule has 1 aliphatic carbocycles. The molecule has 3 nitrogen and oxygen atoms in total. The van der Waals surface area contributed by atoms with E-state index in [-0.39, 0.29) is 0 Å². The van der Waals surface area contributed by atoms with Gasteiger partial charge in [-0.3, -0.25) is 0 Å². The van der Waals surface area contributed by atoms with Gasteiger partial charge in [0.05, 0.1) is 21.3 Å². The first-order valence-electron chi connectivity index (χ1n) is 14.2. The van der Waals surface area contributed by atoms with E-state index in [4.69, 9.17) is 14.2 Å². The summed E-state index contributed by atoms with van der Waals surface area (Å²) in [6.45, 7) is 22.4. The third kappa shape index (κ3) is 4.41. The first kappa shape index (κ1) is 29.7. The fourth-order valence-corrected chi connectivity index (χ4v) is 12.6. The van der Waals surface area contributed by atoms with Gasteiger partial charge in [0.25, 0.3) is 0 Å². The summed E-state index contributed by atoms with van der Waals surface area (Å²) in [4.78, 5) is 0. The molecule has 212 valence electrons. The highest BCUT2D eigenvalue weighted by atomic mass is 28.3. The van der Waals surface area contributed by atoms with E-state index in [2.05, 4.69) is 106 Å². The number of aryl methyl sites for hydroxylation is 3. The molecule has 0 amide bonds. The minimum absolute atomic E-state index is 0.305. The molecule has 1 atom stereocenters. The molecule has 1 aliphatic rings. The van der Waals surface area contributed by atoms with Crippen molar-refractivity contribution in [3.63, 3.8) is 0 Å². The zero-order valence-electron chi connectivity index (χ0n) is 26.8. The summed E-state index contributed by atoms with van der Waals surface area (Å²) in [5.41, 5.74) is 11.5. The summed E-state index contributed by atoms with van der Waals surface area (Å²) in [6, 6.07) is 14.2. The van der Waals surface area contributed by atoms with Gasteiger partial charge in [0.1, 0.15) is 17.2 Å². The van der Waals surface area contributed by atoms with Crippen LogP contribution in [0.2, 0.25) is 0 Å². The fraction of sp³-hybridized carbons (Fsp3) is 0.389. The van der Waals surface area contributed by atoms with E-state index in [9.17, 15) is 0 Å². The Balaban J connectivity index is 2.35. The summed E-state index contributed by atoms with van der Waals surface area (Å²) in [5, 5.41) is 5.51. The van der Waals surface area contributed by atoms with Crippen molar-refractivity contribution in [3.8, 4) is 17.2 Å². The highest BCUT2D eigenvalue weighted by Crippen LogP contribution is 2.42. The van der Waals surface area contributed by atoms with Crippen LogP contribution in [0.3, 0.4) is 0 Å². The van der Waals surface area contributed by atoms with Crippen LogP contribution >= 0.6 is 0 Å². The van der Waals surface area contributed by atoms with Crippen LogP contribution in [-0.2, 0) is 0 Å². The second kappa shape index (κ2) is 11.0. The number of allylic oxidation sites excluding steroid dienone is 4. The Bertz CT molecular complexity index is 1410. The molecule has 0 spiro atoms. The minimum atomic E-state index is -2.91. The summed E-state index contributed by atoms with van der Waals surface area (Å²) < 4.78 is 18.0. The van der Waals surface area contributed by atoms with Crippen molar-refractivity contribution in [3.05, 3.63) is 91.7 Å². The molecule has 40 heavy (non-hydrogen) atoms. The van der Waals surface area contributed by atoms with Crippen LogP contribution in [-0.4, -0.2) is 29.4 Å². The second-order valence-electron chi connectivity index (χ2n) is 11.7. The van der Waals surface area contributed by atoms with Crippen LogP contribution in [0.15, 0.2) is 58.3 Å². The molecule has 0 aliphatic heterocycles. The molecule has 3 aromatic carbocycles. The molecule has 0 saturated carbocycles. The van der Waals surface area contributed by atoms with E-state index < -0.39 is 8.07 Å². The molecule has 0 N–H and O–H groups in total. The van der Waals surface area contributed by atoms with Crippen molar-refractivity contribution in [1.29, 1.82) is 0 Å². The average Bonchev–Trinajstić information content (AvgIpc) is 3.12. The van der Waals surface area contributed by atoms with Crippen LogP contribution < -0.4 is 29.8 Å². The quantitative estimate of drug-likeness (QED) is 0.236. The van der Waals surface area contributed by atoms with E-state index in [0.717, 1.165) is 17.2 Å². The van der Waals surface area contributed by atoms with Crippen molar-refractivity contribution in [1.82, 2.24) is 0 Å². The molecule has 0 aromatic heterocycles. The molecule has 0 radical (unpaired) electrons. The highest BCUT2D eigenvalue weighted by molar-refractivity contribution is 7.16. The lowest BCUT2D eigenvalue weighted by atomic mass is 10.1. The molecule has 0 saturated heterocycles. The Labute approximate surface area is 242 Å². The van der Waals surface area contributed by atoms with E-state index in [1.54, 1.807) is 21.3 Å².